The fraction of sp³-hybridized carbons (Fsp3) is 0.600. The van der Waals surface area contributed by atoms with Crippen molar-refractivity contribution in [2.75, 3.05) is 36.0 Å². The van der Waals surface area contributed by atoms with E-state index in [1.807, 2.05) is 13.8 Å². The number of phenolic OH excluding ortho intramolecular Hbond substituents is 1. The van der Waals surface area contributed by atoms with E-state index < -0.39 is 0 Å². The topological polar surface area (TPSA) is 52.5 Å². The Morgan fingerprint density at radius 2 is 1.57 bits per heavy atom. The molecule has 162 valence electrons. The highest BCUT2D eigenvalue weighted by molar-refractivity contribution is 5.57. The molecule has 5 nitrogen and oxygen atoms in total. The third-order valence-electron chi connectivity index (χ3n) is 6.86. The van der Waals surface area contributed by atoms with E-state index in [2.05, 4.69) is 34.9 Å². The summed E-state index contributed by atoms with van der Waals surface area (Å²) < 4.78 is 0. The molecule has 4 rings (SSSR count). The van der Waals surface area contributed by atoms with E-state index in [0.29, 0.717) is 5.75 Å². The first-order valence-corrected chi connectivity index (χ1v) is 11.7. The van der Waals surface area contributed by atoms with Gasteiger partial charge in [-0.25, -0.2) is 9.97 Å². The van der Waals surface area contributed by atoms with Gasteiger partial charge >= 0.3 is 0 Å². The molecule has 1 saturated heterocycles. The molecule has 5 heteroatoms. The van der Waals surface area contributed by atoms with Crippen molar-refractivity contribution in [2.24, 2.45) is 5.92 Å². The first-order chi connectivity index (χ1) is 14.5. The molecule has 30 heavy (non-hydrogen) atoms. The van der Waals surface area contributed by atoms with Crippen LogP contribution in [0.15, 0.2) is 18.2 Å². The van der Waals surface area contributed by atoms with Gasteiger partial charge in [-0.05, 0) is 55.9 Å². The second-order valence-corrected chi connectivity index (χ2v) is 9.08. The summed E-state index contributed by atoms with van der Waals surface area (Å²) >= 11 is 0. The van der Waals surface area contributed by atoms with Crippen LogP contribution >= 0.6 is 0 Å². The third-order valence-corrected chi connectivity index (χ3v) is 6.86. The van der Waals surface area contributed by atoms with Crippen LogP contribution in [0.25, 0.3) is 0 Å². The Morgan fingerprint density at radius 1 is 0.933 bits per heavy atom. The molecule has 2 aromatic rings. The van der Waals surface area contributed by atoms with Crippen LogP contribution in [0.3, 0.4) is 0 Å². The maximum absolute atomic E-state index is 10.1. The summed E-state index contributed by atoms with van der Waals surface area (Å²) in [5.41, 5.74) is 4.32. The number of aryl methyl sites for hydroxylation is 4. The van der Waals surface area contributed by atoms with Crippen molar-refractivity contribution in [2.45, 2.75) is 65.7 Å². The maximum atomic E-state index is 10.1. The summed E-state index contributed by atoms with van der Waals surface area (Å²) in [6.07, 6.45) is 8.85. The molecule has 0 unspecified atom stereocenters. The van der Waals surface area contributed by atoms with Gasteiger partial charge in [0.05, 0.1) is 0 Å². The van der Waals surface area contributed by atoms with Gasteiger partial charge in [0.1, 0.15) is 17.4 Å². The van der Waals surface area contributed by atoms with Crippen LogP contribution < -0.4 is 9.80 Å². The minimum atomic E-state index is 0.413. The fourth-order valence-electron chi connectivity index (χ4n) is 4.95. The summed E-state index contributed by atoms with van der Waals surface area (Å²) in [4.78, 5) is 14.5. The molecule has 0 atom stereocenters. The fourth-order valence-corrected chi connectivity index (χ4v) is 4.95. The Balaban J connectivity index is 1.42. The average Bonchev–Trinajstić information content (AvgIpc) is 3.29. The standard InChI is InChI=1S/C25H36N4O/c1-4-23-26-21(10-9-20-7-5-6-8-20)17-24(27-23)29-13-11-28(12-14-29)22-15-18(2)25(30)19(3)16-22/h15-17,20,30H,4-14H2,1-3H3. The van der Waals surface area contributed by atoms with Gasteiger partial charge in [0.15, 0.2) is 0 Å². The first kappa shape index (κ1) is 21.0. The van der Waals surface area contributed by atoms with Crippen molar-refractivity contribution < 1.29 is 5.11 Å². The lowest BCUT2D eigenvalue weighted by molar-refractivity contribution is 0.467. The van der Waals surface area contributed by atoms with Crippen molar-refractivity contribution in [1.82, 2.24) is 9.97 Å². The Bertz CT molecular complexity index is 844. The molecule has 0 bridgehead atoms. The van der Waals surface area contributed by atoms with Crippen LogP contribution in [0.4, 0.5) is 11.5 Å². The summed E-state index contributed by atoms with van der Waals surface area (Å²) in [6.45, 7) is 9.94. The summed E-state index contributed by atoms with van der Waals surface area (Å²) in [5, 5.41) is 10.1. The van der Waals surface area contributed by atoms with Crippen molar-refractivity contribution in [1.29, 1.82) is 0 Å². The van der Waals surface area contributed by atoms with Gasteiger partial charge in [0.25, 0.3) is 0 Å². The van der Waals surface area contributed by atoms with Crippen LogP contribution in [0.2, 0.25) is 0 Å². The number of rotatable bonds is 6. The summed E-state index contributed by atoms with van der Waals surface area (Å²) in [5.74, 6) is 3.38. The van der Waals surface area contributed by atoms with Gasteiger partial charge in [-0.15, -0.1) is 0 Å². The molecule has 0 radical (unpaired) electrons. The van der Waals surface area contributed by atoms with Gasteiger partial charge in [-0.2, -0.15) is 0 Å². The Labute approximate surface area is 181 Å². The van der Waals surface area contributed by atoms with Crippen molar-refractivity contribution in [3.8, 4) is 5.75 Å². The van der Waals surface area contributed by atoms with Crippen molar-refractivity contribution >= 4 is 11.5 Å². The number of hydrogen-bond donors (Lipinski definition) is 1. The molecule has 2 heterocycles. The Hall–Kier alpha value is -2.30. The summed E-state index contributed by atoms with van der Waals surface area (Å²) in [7, 11) is 0. The number of anilines is 2. The first-order valence-electron chi connectivity index (χ1n) is 11.7. The number of hydrogen-bond acceptors (Lipinski definition) is 5. The predicted octanol–water partition coefficient (Wildman–Crippen LogP) is 4.81. The highest BCUT2D eigenvalue weighted by Crippen LogP contribution is 2.30. The Kier molecular flexibility index (Phi) is 6.45. The highest BCUT2D eigenvalue weighted by atomic mass is 16.3. The van der Waals surface area contributed by atoms with E-state index in [1.54, 1.807) is 0 Å². The SMILES string of the molecule is CCc1nc(CCC2CCCC2)cc(N2CCN(c3cc(C)c(O)c(C)c3)CC2)n1. The molecule has 1 aliphatic carbocycles. The smallest absolute Gasteiger partial charge is 0.132 e. The van der Waals surface area contributed by atoms with Gasteiger partial charge in [0.2, 0.25) is 0 Å². The largest absolute Gasteiger partial charge is 0.507 e. The van der Waals surface area contributed by atoms with Crippen molar-refractivity contribution in [3.05, 3.63) is 40.8 Å². The molecular formula is C25H36N4O. The molecule has 1 aliphatic heterocycles. The van der Waals surface area contributed by atoms with Crippen LogP contribution in [-0.4, -0.2) is 41.3 Å². The minimum absolute atomic E-state index is 0.413. The normalized spacial score (nSPS) is 17.7. The number of aromatic hydroxyl groups is 1. The number of piperazine rings is 1. The van der Waals surface area contributed by atoms with Crippen LogP contribution in [0, 0.1) is 19.8 Å². The minimum Gasteiger partial charge on any atom is -0.507 e. The van der Waals surface area contributed by atoms with Gasteiger partial charge in [-0.3, -0.25) is 0 Å². The lowest BCUT2D eigenvalue weighted by atomic mass is 10.0. The maximum Gasteiger partial charge on any atom is 0.132 e. The predicted molar refractivity (Wildman–Crippen MR) is 124 cm³/mol. The molecular weight excluding hydrogens is 372 g/mol. The van der Waals surface area contributed by atoms with Crippen LogP contribution in [0.5, 0.6) is 5.75 Å². The molecule has 0 spiro atoms. The zero-order valence-electron chi connectivity index (χ0n) is 18.8. The van der Waals surface area contributed by atoms with Gasteiger partial charge < -0.3 is 14.9 Å². The highest BCUT2D eigenvalue weighted by Gasteiger charge is 2.21. The van der Waals surface area contributed by atoms with Gasteiger partial charge in [-0.1, -0.05) is 32.6 Å². The average molecular weight is 409 g/mol. The lowest BCUT2D eigenvalue weighted by Gasteiger charge is -2.37. The quantitative estimate of drug-likeness (QED) is 0.743. The molecule has 1 aromatic heterocycles. The second-order valence-electron chi connectivity index (χ2n) is 9.08. The molecule has 2 aliphatic rings. The van der Waals surface area contributed by atoms with E-state index in [1.165, 1.54) is 43.5 Å². The molecule has 1 N–H and O–H groups in total. The second kappa shape index (κ2) is 9.23. The van der Waals surface area contributed by atoms with Gasteiger partial charge in [0, 0.05) is 50.0 Å². The zero-order chi connectivity index (χ0) is 21.1. The summed E-state index contributed by atoms with van der Waals surface area (Å²) in [6, 6.07) is 6.43. The molecule has 1 aromatic carbocycles. The number of phenols is 1. The van der Waals surface area contributed by atoms with E-state index in [-0.39, 0.29) is 0 Å². The lowest BCUT2D eigenvalue weighted by Crippen LogP contribution is -2.47. The zero-order valence-corrected chi connectivity index (χ0v) is 18.8. The number of aromatic nitrogens is 2. The van der Waals surface area contributed by atoms with E-state index in [0.717, 1.165) is 67.7 Å². The molecule has 1 saturated carbocycles. The van der Waals surface area contributed by atoms with E-state index in [9.17, 15) is 5.11 Å². The van der Waals surface area contributed by atoms with E-state index in [4.69, 9.17) is 9.97 Å². The van der Waals surface area contributed by atoms with Crippen LogP contribution in [0.1, 0.15) is 61.7 Å². The molecule has 0 amide bonds. The monoisotopic (exact) mass is 408 g/mol. The number of benzene rings is 1. The van der Waals surface area contributed by atoms with Crippen LogP contribution in [-0.2, 0) is 12.8 Å². The Morgan fingerprint density at radius 3 is 2.20 bits per heavy atom. The number of nitrogens with zero attached hydrogens (tertiary/aromatic N) is 4. The molecule has 2 fully saturated rings. The van der Waals surface area contributed by atoms with Crippen molar-refractivity contribution in [3.63, 3.8) is 0 Å². The van der Waals surface area contributed by atoms with E-state index >= 15 is 0 Å². The third kappa shape index (κ3) is 4.71.